The number of halogens is 1. The molecule has 0 aliphatic carbocycles. The molecule has 2 N–H and O–H groups in total. The maximum atomic E-state index is 12.4. The number of hydrogen-bond acceptors (Lipinski definition) is 4. The Morgan fingerprint density at radius 2 is 1.83 bits per heavy atom. The number of fused-ring (bicyclic) bond motifs is 1. The van der Waals surface area contributed by atoms with Crippen molar-refractivity contribution in [1.29, 1.82) is 0 Å². The van der Waals surface area contributed by atoms with Gasteiger partial charge in [0.2, 0.25) is 0 Å². The van der Waals surface area contributed by atoms with Crippen LogP contribution in [-0.2, 0) is 9.53 Å². The number of benzene rings is 2. The average molecular weight is 344 g/mol. The van der Waals surface area contributed by atoms with Gasteiger partial charge in [0.05, 0.1) is 7.11 Å². The first-order chi connectivity index (χ1) is 11.5. The summed E-state index contributed by atoms with van der Waals surface area (Å²) < 4.78 is 4.77. The van der Waals surface area contributed by atoms with Crippen molar-refractivity contribution in [2.24, 2.45) is 0 Å². The van der Waals surface area contributed by atoms with E-state index in [2.05, 4.69) is 5.32 Å². The van der Waals surface area contributed by atoms with Crippen molar-refractivity contribution in [3.63, 3.8) is 0 Å². The predicted molar refractivity (Wildman–Crippen MR) is 89.3 cm³/mol. The van der Waals surface area contributed by atoms with Gasteiger partial charge in [-0.05, 0) is 29.3 Å². The summed E-state index contributed by atoms with van der Waals surface area (Å²) in [5.41, 5.74) is 1.45. The van der Waals surface area contributed by atoms with Crippen molar-refractivity contribution in [3.8, 4) is 0 Å². The Balaban J connectivity index is 2.26. The van der Waals surface area contributed by atoms with Gasteiger partial charge in [-0.15, -0.1) is 0 Å². The highest BCUT2D eigenvalue weighted by Gasteiger charge is 2.32. The van der Waals surface area contributed by atoms with Gasteiger partial charge in [-0.2, -0.15) is 0 Å². The molecule has 0 unspecified atom stereocenters. The van der Waals surface area contributed by atoms with E-state index in [1.54, 1.807) is 48.5 Å². The summed E-state index contributed by atoms with van der Waals surface area (Å²) in [5.74, 6) is -1.21. The topological polar surface area (TPSA) is 75.6 Å². The summed E-state index contributed by atoms with van der Waals surface area (Å²) >= 11 is 5.91. The van der Waals surface area contributed by atoms with Gasteiger partial charge in [-0.25, -0.2) is 4.79 Å². The van der Waals surface area contributed by atoms with Crippen LogP contribution in [0.5, 0.6) is 0 Å². The van der Waals surface area contributed by atoms with Gasteiger partial charge >= 0.3 is 5.97 Å². The molecule has 1 atom stereocenters. The van der Waals surface area contributed by atoms with Crippen LogP contribution < -0.4 is 5.32 Å². The summed E-state index contributed by atoms with van der Waals surface area (Å²) in [7, 11) is 1.21. The Labute approximate surface area is 143 Å². The van der Waals surface area contributed by atoms with Crippen LogP contribution in [0, 0.1) is 0 Å². The third-order valence-corrected chi connectivity index (χ3v) is 4.08. The molecule has 3 rings (SSSR count). The number of aliphatic hydroxyl groups is 1. The summed E-state index contributed by atoms with van der Waals surface area (Å²) in [4.78, 5) is 24.6. The number of carbonyl (C=O) groups is 2. The van der Waals surface area contributed by atoms with E-state index in [1.807, 2.05) is 0 Å². The number of aliphatic hydroxyl groups excluding tert-OH is 1. The van der Waals surface area contributed by atoms with Crippen molar-refractivity contribution in [2.75, 3.05) is 7.11 Å². The summed E-state index contributed by atoms with van der Waals surface area (Å²) in [6.07, 6.45) is -1.17. The van der Waals surface area contributed by atoms with E-state index in [1.165, 1.54) is 7.11 Å². The van der Waals surface area contributed by atoms with Gasteiger partial charge in [0.1, 0.15) is 11.8 Å². The molecule has 24 heavy (non-hydrogen) atoms. The zero-order valence-corrected chi connectivity index (χ0v) is 13.5. The molecule has 1 aliphatic heterocycles. The molecule has 1 amide bonds. The van der Waals surface area contributed by atoms with Crippen molar-refractivity contribution in [1.82, 2.24) is 5.32 Å². The van der Waals surface area contributed by atoms with E-state index in [4.69, 9.17) is 16.3 Å². The van der Waals surface area contributed by atoms with Crippen LogP contribution in [0.25, 0.3) is 5.57 Å². The van der Waals surface area contributed by atoms with Gasteiger partial charge in [-0.3, -0.25) is 4.79 Å². The third kappa shape index (κ3) is 2.79. The highest BCUT2D eigenvalue weighted by molar-refractivity contribution is 6.30. The highest BCUT2D eigenvalue weighted by Crippen LogP contribution is 2.36. The van der Waals surface area contributed by atoms with Crippen LogP contribution in [-0.4, -0.2) is 24.1 Å². The maximum Gasteiger partial charge on any atom is 0.354 e. The third-order valence-electron chi connectivity index (χ3n) is 3.83. The summed E-state index contributed by atoms with van der Waals surface area (Å²) in [5, 5.41) is 13.9. The lowest BCUT2D eigenvalue weighted by Crippen LogP contribution is -2.28. The standard InChI is InChI=1S/C18H14ClNO4/c1-24-18(23)15-14(10-6-8-11(19)9-7-10)16(21)12-4-2-3-5-13(12)17(22)20-15/h2-9,16,21H,1H3,(H,20,22)/t16-/m1/s1. The van der Waals surface area contributed by atoms with Crippen LogP contribution in [0.4, 0.5) is 0 Å². The average Bonchev–Trinajstić information content (AvgIpc) is 2.71. The second-order valence-corrected chi connectivity index (χ2v) is 5.67. The first-order valence-corrected chi connectivity index (χ1v) is 7.57. The first-order valence-electron chi connectivity index (χ1n) is 7.19. The minimum absolute atomic E-state index is 0.0893. The number of carbonyl (C=O) groups excluding carboxylic acids is 2. The second-order valence-electron chi connectivity index (χ2n) is 5.23. The molecule has 6 heteroatoms. The largest absolute Gasteiger partial charge is 0.464 e. The molecule has 2 aromatic rings. The Bertz CT molecular complexity index is 842. The number of hydrogen-bond donors (Lipinski definition) is 2. The molecule has 0 saturated carbocycles. The van der Waals surface area contributed by atoms with E-state index in [9.17, 15) is 14.7 Å². The van der Waals surface area contributed by atoms with Crippen LogP contribution >= 0.6 is 11.6 Å². The molecule has 0 bridgehead atoms. The Hall–Kier alpha value is -2.63. The zero-order valence-electron chi connectivity index (χ0n) is 12.7. The van der Waals surface area contributed by atoms with Gasteiger partial charge < -0.3 is 15.2 Å². The summed E-state index contributed by atoms with van der Waals surface area (Å²) in [6.45, 7) is 0. The molecule has 5 nitrogen and oxygen atoms in total. The van der Waals surface area contributed by atoms with Crippen molar-refractivity contribution in [2.45, 2.75) is 6.10 Å². The van der Waals surface area contributed by atoms with Gasteiger partial charge in [-0.1, -0.05) is 41.9 Å². The molecular formula is C18H14ClNO4. The molecule has 122 valence electrons. The quantitative estimate of drug-likeness (QED) is 0.822. The molecular weight excluding hydrogens is 330 g/mol. The number of rotatable bonds is 2. The zero-order chi connectivity index (χ0) is 17.3. The van der Waals surface area contributed by atoms with Crippen LogP contribution in [0.2, 0.25) is 5.02 Å². The maximum absolute atomic E-state index is 12.4. The summed E-state index contributed by atoms with van der Waals surface area (Å²) in [6, 6.07) is 13.3. The molecule has 1 aliphatic rings. The van der Waals surface area contributed by atoms with Crippen molar-refractivity contribution >= 4 is 29.1 Å². The van der Waals surface area contributed by atoms with Crippen LogP contribution in [0.1, 0.15) is 27.6 Å². The number of amides is 1. The molecule has 0 aromatic heterocycles. The Morgan fingerprint density at radius 1 is 1.17 bits per heavy atom. The van der Waals surface area contributed by atoms with E-state index < -0.39 is 18.0 Å². The number of ether oxygens (including phenoxy) is 1. The fraction of sp³-hybridized carbons (Fsp3) is 0.111. The van der Waals surface area contributed by atoms with Gasteiger partial charge in [0.25, 0.3) is 5.91 Å². The normalized spacial score (nSPS) is 17.0. The minimum atomic E-state index is -1.17. The van der Waals surface area contributed by atoms with Gasteiger partial charge in [0, 0.05) is 16.2 Å². The van der Waals surface area contributed by atoms with E-state index >= 15 is 0 Å². The SMILES string of the molecule is COC(=O)C1=C(c2ccc(Cl)cc2)[C@H](O)c2ccccc2C(=O)N1. The lowest BCUT2D eigenvalue weighted by molar-refractivity contribution is -0.136. The van der Waals surface area contributed by atoms with E-state index in [-0.39, 0.29) is 11.3 Å². The lowest BCUT2D eigenvalue weighted by atomic mass is 9.92. The van der Waals surface area contributed by atoms with Crippen LogP contribution in [0.3, 0.4) is 0 Å². The smallest absolute Gasteiger partial charge is 0.354 e. The molecule has 0 fully saturated rings. The fourth-order valence-electron chi connectivity index (χ4n) is 2.68. The first kappa shape index (κ1) is 16.2. The lowest BCUT2D eigenvalue weighted by Gasteiger charge is -2.17. The molecule has 0 radical (unpaired) electrons. The molecule has 1 heterocycles. The number of methoxy groups -OCH3 is 1. The molecule has 0 spiro atoms. The second kappa shape index (κ2) is 6.47. The predicted octanol–water partition coefficient (Wildman–Crippen LogP) is 2.70. The van der Waals surface area contributed by atoms with Gasteiger partial charge in [0.15, 0.2) is 0 Å². The van der Waals surface area contributed by atoms with E-state index in [0.29, 0.717) is 21.7 Å². The van der Waals surface area contributed by atoms with Crippen molar-refractivity contribution in [3.05, 3.63) is 75.9 Å². The van der Waals surface area contributed by atoms with Crippen LogP contribution in [0.15, 0.2) is 54.2 Å². The monoisotopic (exact) mass is 343 g/mol. The van der Waals surface area contributed by atoms with Crippen molar-refractivity contribution < 1.29 is 19.4 Å². The Morgan fingerprint density at radius 3 is 2.50 bits per heavy atom. The fourth-order valence-corrected chi connectivity index (χ4v) is 2.80. The van der Waals surface area contributed by atoms with E-state index in [0.717, 1.165) is 0 Å². The highest BCUT2D eigenvalue weighted by atomic mass is 35.5. The minimum Gasteiger partial charge on any atom is -0.464 e. The number of esters is 1. The number of nitrogens with one attached hydrogen (secondary N) is 1. The molecule has 2 aromatic carbocycles. The Kier molecular flexibility index (Phi) is 4.38. The molecule has 0 saturated heterocycles.